The summed E-state index contributed by atoms with van der Waals surface area (Å²) in [6, 6.07) is 0. The van der Waals surface area contributed by atoms with E-state index in [1.165, 1.54) is 0 Å². The first-order valence-corrected chi connectivity index (χ1v) is 21.5. The third-order valence-corrected chi connectivity index (χ3v) is 7.78. The molecule has 0 bridgehead atoms. The Labute approximate surface area is 354 Å². The van der Waals surface area contributed by atoms with Gasteiger partial charge in [-0.15, -0.1) is 0 Å². The van der Waals surface area contributed by atoms with Gasteiger partial charge in [0.1, 0.15) is 0 Å². The van der Waals surface area contributed by atoms with Crippen LogP contribution in [0, 0.1) is 0 Å². The number of hydrogen-bond acceptors (Lipinski definition) is 19. The summed E-state index contributed by atoms with van der Waals surface area (Å²) < 4.78 is 86.7. The molecule has 0 saturated carbocycles. The molecule has 59 heavy (non-hydrogen) atoms. The standard InChI is InChI=1S/C38H74O20S/c39-37(40)1-3-43-5-7-45-9-11-47-13-15-49-17-18-51-19-20-52-22-24-54-26-28-56-30-32-58-34-36-59-35-33-57-31-29-55-27-25-53-23-21-50-16-14-48-12-10-46-8-6-44-4-2-38(41)42/h1-36H2,(H,39,40)(H,41,42). The lowest BCUT2D eigenvalue weighted by Crippen LogP contribution is -2.15. The second-order valence-electron chi connectivity index (χ2n) is 11.7. The SMILES string of the molecule is O=C(O)CCOCCOCCOCCOCCOCCOCCOCCOCCOCCSCCOCCOCCOCCOCCOCCOCCOCCC(=O)O. The van der Waals surface area contributed by atoms with E-state index < -0.39 is 11.9 Å². The average Bonchev–Trinajstić information content (AvgIpc) is 3.22. The molecule has 0 rings (SSSR count). The van der Waals surface area contributed by atoms with Crippen LogP contribution in [0.2, 0.25) is 0 Å². The molecular formula is C38H74O20S. The smallest absolute Gasteiger partial charge is 0.305 e. The molecule has 0 aliphatic heterocycles. The maximum Gasteiger partial charge on any atom is 0.305 e. The summed E-state index contributed by atoms with van der Waals surface area (Å²) in [5, 5.41) is 17.0. The number of carboxylic acids is 2. The summed E-state index contributed by atoms with van der Waals surface area (Å²) in [6.07, 6.45) is -0.0132. The Morgan fingerprint density at radius 2 is 0.373 bits per heavy atom. The number of carbonyl (C=O) groups is 2. The number of rotatable bonds is 54. The van der Waals surface area contributed by atoms with Gasteiger partial charge in [0.2, 0.25) is 0 Å². The molecule has 0 unspecified atom stereocenters. The van der Waals surface area contributed by atoms with Crippen LogP contribution in [0.5, 0.6) is 0 Å². The highest BCUT2D eigenvalue weighted by Crippen LogP contribution is 1.99. The zero-order chi connectivity index (χ0) is 42.6. The van der Waals surface area contributed by atoms with Crippen molar-refractivity contribution in [3.63, 3.8) is 0 Å². The fourth-order valence-electron chi connectivity index (χ4n) is 3.94. The first-order chi connectivity index (χ1) is 29.1. The van der Waals surface area contributed by atoms with Crippen LogP contribution >= 0.6 is 11.8 Å². The topological polar surface area (TPSA) is 222 Å². The molecule has 0 radical (unpaired) electrons. The van der Waals surface area contributed by atoms with Crippen molar-refractivity contribution in [3.8, 4) is 0 Å². The Morgan fingerprint density at radius 1 is 0.237 bits per heavy atom. The fraction of sp³-hybridized carbons (Fsp3) is 0.947. The summed E-state index contributed by atoms with van der Waals surface area (Å²) in [4.78, 5) is 20.7. The minimum absolute atomic E-state index is 0.00609. The molecule has 0 amide bonds. The minimum atomic E-state index is -0.878. The predicted molar refractivity (Wildman–Crippen MR) is 215 cm³/mol. The number of hydrogen-bond donors (Lipinski definition) is 2. The quantitative estimate of drug-likeness (QED) is 0.0812. The molecule has 0 aliphatic carbocycles. The third kappa shape index (κ3) is 56.6. The van der Waals surface area contributed by atoms with E-state index in [9.17, 15) is 9.59 Å². The Bertz CT molecular complexity index is 772. The highest BCUT2D eigenvalue weighted by atomic mass is 32.2. The van der Waals surface area contributed by atoms with Gasteiger partial charge >= 0.3 is 11.9 Å². The molecule has 2 N–H and O–H groups in total. The monoisotopic (exact) mass is 882 g/mol. The second-order valence-corrected chi connectivity index (χ2v) is 12.9. The van der Waals surface area contributed by atoms with Crippen LogP contribution < -0.4 is 0 Å². The fourth-order valence-corrected chi connectivity index (χ4v) is 4.62. The van der Waals surface area contributed by atoms with Gasteiger partial charge in [-0.3, -0.25) is 9.59 Å². The largest absolute Gasteiger partial charge is 0.481 e. The molecule has 0 fully saturated rings. The third-order valence-electron chi connectivity index (χ3n) is 6.87. The van der Waals surface area contributed by atoms with Crippen LogP contribution in [0.4, 0.5) is 0 Å². The van der Waals surface area contributed by atoms with Crippen LogP contribution in [0.15, 0.2) is 0 Å². The summed E-state index contributed by atoms with van der Waals surface area (Å²) >= 11 is 1.78. The van der Waals surface area contributed by atoms with E-state index >= 15 is 0 Å². The van der Waals surface area contributed by atoms with Crippen molar-refractivity contribution in [1.82, 2.24) is 0 Å². The van der Waals surface area contributed by atoms with E-state index in [2.05, 4.69) is 0 Å². The van der Waals surface area contributed by atoms with Crippen LogP contribution in [0.25, 0.3) is 0 Å². The van der Waals surface area contributed by atoms with Crippen molar-refractivity contribution >= 4 is 23.7 Å². The van der Waals surface area contributed by atoms with Crippen molar-refractivity contribution in [2.24, 2.45) is 0 Å². The van der Waals surface area contributed by atoms with Gasteiger partial charge in [-0.2, -0.15) is 11.8 Å². The van der Waals surface area contributed by atoms with Gasteiger partial charge in [0.25, 0.3) is 0 Å². The highest BCUT2D eigenvalue weighted by Gasteiger charge is 2.00. The van der Waals surface area contributed by atoms with E-state index in [1.807, 2.05) is 0 Å². The van der Waals surface area contributed by atoms with Crippen molar-refractivity contribution in [1.29, 1.82) is 0 Å². The zero-order valence-electron chi connectivity index (χ0n) is 35.1. The number of thioether (sulfide) groups is 1. The lowest BCUT2D eigenvalue weighted by molar-refractivity contribution is -0.139. The second kappa shape index (κ2) is 52.8. The highest BCUT2D eigenvalue weighted by molar-refractivity contribution is 7.99. The summed E-state index contributed by atoms with van der Waals surface area (Å²) in [5.74, 6) is 0.0374. The molecule has 0 spiro atoms. The summed E-state index contributed by atoms with van der Waals surface area (Å²) in [7, 11) is 0. The van der Waals surface area contributed by atoms with Crippen molar-refractivity contribution in [3.05, 3.63) is 0 Å². The minimum Gasteiger partial charge on any atom is -0.481 e. The number of ether oxygens (including phenoxy) is 16. The lowest BCUT2D eigenvalue weighted by atomic mass is 10.5. The summed E-state index contributed by atoms with van der Waals surface area (Å²) in [5.41, 5.74) is 0. The molecule has 20 nitrogen and oxygen atoms in total. The van der Waals surface area contributed by atoms with Gasteiger partial charge in [0.15, 0.2) is 0 Å². The van der Waals surface area contributed by atoms with Crippen LogP contribution in [-0.4, -0.2) is 245 Å². The zero-order valence-corrected chi connectivity index (χ0v) is 35.9. The van der Waals surface area contributed by atoms with Crippen molar-refractivity contribution in [2.75, 3.05) is 223 Å². The van der Waals surface area contributed by atoms with Gasteiger partial charge in [0, 0.05) is 11.5 Å². The first kappa shape index (κ1) is 57.6. The van der Waals surface area contributed by atoms with Gasteiger partial charge < -0.3 is 86.0 Å². The Kier molecular flexibility index (Phi) is 51.6. The Morgan fingerprint density at radius 3 is 0.525 bits per heavy atom. The van der Waals surface area contributed by atoms with Gasteiger partial charge in [-0.1, -0.05) is 0 Å². The van der Waals surface area contributed by atoms with Crippen LogP contribution in [0.1, 0.15) is 12.8 Å². The Balaban J connectivity index is 3.07. The maximum absolute atomic E-state index is 10.4. The van der Waals surface area contributed by atoms with Crippen molar-refractivity contribution in [2.45, 2.75) is 12.8 Å². The molecule has 0 atom stereocenters. The molecular weight excluding hydrogens is 808 g/mol. The van der Waals surface area contributed by atoms with Crippen LogP contribution in [-0.2, 0) is 85.4 Å². The molecule has 0 aromatic heterocycles. The van der Waals surface area contributed by atoms with E-state index in [0.717, 1.165) is 11.5 Å². The number of aliphatic carboxylic acids is 2. The lowest BCUT2D eigenvalue weighted by Gasteiger charge is -2.09. The van der Waals surface area contributed by atoms with E-state index in [1.54, 1.807) is 11.8 Å². The Hall–Kier alpha value is -1.35. The molecule has 21 heteroatoms. The van der Waals surface area contributed by atoms with E-state index in [0.29, 0.717) is 198 Å². The molecule has 0 aliphatic rings. The van der Waals surface area contributed by atoms with E-state index in [-0.39, 0.29) is 26.1 Å². The normalized spacial score (nSPS) is 11.5. The molecule has 0 aromatic carbocycles. The first-order valence-electron chi connectivity index (χ1n) is 20.4. The molecule has 0 saturated heterocycles. The van der Waals surface area contributed by atoms with Gasteiger partial charge in [-0.05, 0) is 0 Å². The predicted octanol–water partition coefficient (Wildman–Crippen LogP) is 0.935. The maximum atomic E-state index is 10.4. The van der Waals surface area contributed by atoms with Gasteiger partial charge in [0.05, 0.1) is 224 Å². The average molecular weight is 883 g/mol. The van der Waals surface area contributed by atoms with Crippen LogP contribution in [0.3, 0.4) is 0 Å². The van der Waals surface area contributed by atoms with Crippen molar-refractivity contribution < 1.29 is 95.6 Å². The molecule has 352 valence electrons. The van der Waals surface area contributed by atoms with E-state index in [4.69, 9.17) is 86.0 Å². The number of carboxylic acid groups (broad SMARTS) is 2. The summed E-state index contributed by atoms with van der Waals surface area (Å²) in [6.45, 7) is 14.9. The molecule has 0 heterocycles. The van der Waals surface area contributed by atoms with Gasteiger partial charge in [-0.25, -0.2) is 0 Å². The molecule has 0 aromatic rings.